The maximum atomic E-state index is 12.1. The van der Waals surface area contributed by atoms with Crippen molar-refractivity contribution in [2.45, 2.75) is 19.0 Å². The van der Waals surface area contributed by atoms with E-state index in [2.05, 4.69) is 15.9 Å². The molecule has 2 aromatic rings. The Morgan fingerprint density at radius 2 is 1.89 bits per heavy atom. The highest BCUT2D eigenvalue weighted by Crippen LogP contribution is 2.33. The predicted molar refractivity (Wildman–Crippen MR) is 101 cm³/mol. The summed E-state index contributed by atoms with van der Waals surface area (Å²) in [6, 6.07) is 4.71. The average Bonchev–Trinajstić information content (AvgIpc) is 2.98. The van der Waals surface area contributed by atoms with Gasteiger partial charge in [0, 0.05) is 59.9 Å². The van der Waals surface area contributed by atoms with Gasteiger partial charge in [-0.05, 0) is 12.1 Å². The third kappa shape index (κ3) is 4.14. The Kier molecular flexibility index (Phi) is 5.81. The molecule has 27 heavy (non-hydrogen) atoms. The van der Waals surface area contributed by atoms with Gasteiger partial charge in [0.05, 0.1) is 6.42 Å². The van der Waals surface area contributed by atoms with E-state index < -0.39 is 18.0 Å². The van der Waals surface area contributed by atoms with Crippen LogP contribution >= 0.6 is 15.9 Å². The Bertz CT molecular complexity index is 873. The minimum absolute atomic E-state index is 0.0501. The molecule has 2 N–H and O–H groups in total. The van der Waals surface area contributed by atoms with Crippen molar-refractivity contribution in [3.05, 3.63) is 34.4 Å². The monoisotopic (exact) mass is 437 g/mol. The van der Waals surface area contributed by atoms with E-state index in [0.29, 0.717) is 31.7 Å². The maximum Gasteiger partial charge on any atom is 0.325 e. The summed E-state index contributed by atoms with van der Waals surface area (Å²) in [5.74, 6) is -1.87. The minimum Gasteiger partial charge on any atom is -0.481 e. The van der Waals surface area contributed by atoms with Gasteiger partial charge >= 0.3 is 11.9 Å². The number of carbonyl (C=O) groups excluding carboxylic acids is 1. The van der Waals surface area contributed by atoms with Crippen LogP contribution in [0.3, 0.4) is 0 Å². The number of aryl methyl sites for hydroxylation is 1. The van der Waals surface area contributed by atoms with Gasteiger partial charge in [-0.2, -0.15) is 0 Å². The first-order valence-corrected chi connectivity index (χ1v) is 9.36. The molecule has 8 nitrogen and oxygen atoms in total. The second kappa shape index (κ2) is 8.10. The molecule has 1 amide bonds. The molecule has 144 valence electrons. The molecule has 1 aliphatic heterocycles. The fraction of sp³-hybridized carbons (Fsp3) is 0.389. The van der Waals surface area contributed by atoms with Gasteiger partial charge in [-0.1, -0.05) is 22.0 Å². The second-order valence-electron chi connectivity index (χ2n) is 6.50. The zero-order chi connectivity index (χ0) is 19.6. The summed E-state index contributed by atoms with van der Waals surface area (Å²) >= 11 is 3.42. The lowest BCUT2D eigenvalue weighted by Gasteiger charge is -2.36. The molecule has 0 bridgehead atoms. The molecular weight excluding hydrogens is 418 g/mol. The number of hydrogen-bond acceptors (Lipinski definition) is 4. The lowest BCUT2D eigenvalue weighted by Crippen LogP contribution is -2.48. The van der Waals surface area contributed by atoms with Gasteiger partial charge < -0.3 is 19.7 Å². The summed E-state index contributed by atoms with van der Waals surface area (Å²) in [5.41, 5.74) is 1.42. The van der Waals surface area contributed by atoms with Gasteiger partial charge in [0.15, 0.2) is 0 Å². The van der Waals surface area contributed by atoms with E-state index in [-0.39, 0.29) is 13.0 Å². The molecule has 9 heteroatoms. The third-order valence-corrected chi connectivity index (χ3v) is 5.33. The fourth-order valence-electron chi connectivity index (χ4n) is 3.50. The van der Waals surface area contributed by atoms with Gasteiger partial charge in [-0.3, -0.25) is 19.3 Å². The Morgan fingerprint density at radius 3 is 2.48 bits per heavy atom. The number of rotatable bonds is 7. The summed E-state index contributed by atoms with van der Waals surface area (Å²) in [7, 11) is 0. The van der Waals surface area contributed by atoms with Crippen LogP contribution in [-0.4, -0.2) is 69.1 Å². The zero-order valence-electron chi connectivity index (χ0n) is 14.5. The summed E-state index contributed by atoms with van der Waals surface area (Å²) in [6.45, 7) is 2.16. The normalized spacial score (nSPS) is 16.4. The minimum atomic E-state index is -0.963. The Hall–Kier alpha value is -2.39. The molecule has 1 saturated heterocycles. The number of halogens is 1. The van der Waals surface area contributed by atoms with E-state index >= 15 is 0 Å². The van der Waals surface area contributed by atoms with Crippen molar-refractivity contribution in [2.24, 2.45) is 0 Å². The van der Waals surface area contributed by atoms with Crippen LogP contribution in [0.4, 0.5) is 0 Å². The Labute approximate surface area is 164 Å². The quantitative estimate of drug-likeness (QED) is 0.639. The first-order chi connectivity index (χ1) is 12.9. The van der Waals surface area contributed by atoms with Crippen molar-refractivity contribution in [2.75, 3.05) is 26.2 Å². The number of nitrogens with zero attached hydrogens (tertiary/aromatic N) is 3. The first-order valence-electron chi connectivity index (χ1n) is 8.57. The molecule has 1 unspecified atom stereocenters. The van der Waals surface area contributed by atoms with Crippen LogP contribution < -0.4 is 0 Å². The van der Waals surface area contributed by atoms with Crippen LogP contribution in [0, 0.1) is 0 Å². The summed E-state index contributed by atoms with van der Waals surface area (Å²) in [6.07, 6.45) is 2.47. The molecule has 0 radical (unpaired) electrons. The number of carboxylic acid groups (broad SMARTS) is 2. The van der Waals surface area contributed by atoms with Gasteiger partial charge in [-0.15, -0.1) is 0 Å². The van der Waals surface area contributed by atoms with Crippen LogP contribution in [-0.2, 0) is 20.9 Å². The number of fused-ring (bicyclic) bond motifs is 1. The molecule has 3 rings (SSSR count). The number of carbonyl (C=O) groups is 3. The molecule has 1 atom stereocenters. The van der Waals surface area contributed by atoms with Gasteiger partial charge in [0.25, 0.3) is 0 Å². The predicted octanol–water partition coefficient (Wildman–Crippen LogP) is 1.78. The molecular formula is C18H20BrN3O5. The average molecular weight is 438 g/mol. The number of aromatic nitrogens is 1. The van der Waals surface area contributed by atoms with Crippen molar-refractivity contribution >= 4 is 45.2 Å². The number of hydrogen-bond donors (Lipinski definition) is 2. The van der Waals surface area contributed by atoms with E-state index in [0.717, 1.165) is 21.8 Å². The smallest absolute Gasteiger partial charge is 0.325 e. The van der Waals surface area contributed by atoms with Crippen molar-refractivity contribution in [3.8, 4) is 0 Å². The standard InChI is InChI=1S/C18H20BrN3O5/c19-12-1-2-13-14(10-22(15(13)9-12)4-3-16(24)25)17(18(26)27)21-7-5-20(11-23)6-8-21/h1-2,9-11,17H,3-8H2,(H,24,25)(H,26,27). The zero-order valence-corrected chi connectivity index (χ0v) is 16.1. The Morgan fingerprint density at radius 1 is 1.19 bits per heavy atom. The maximum absolute atomic E-state index is 12.1. The summed E-state index contributed by atoms with van der Waals surface area (Å²) in [5, 5.41) is 19.7. The third-order valence-electron chi connectivity index (χ3n) is 4.83. The molecule has 0 saturated carbocycles. The summed E-state index contributed by atoms with van der Waals surface area (Å²) in [4.78, 5) is 37.5. The van der Waals surface area contributed by atoms with Gasteiger partial charge in [0.1, 0.15) is 6.04 Å². The molecule has 0 spiro atoms. The molecule has 1 aliphatic rings. The second-order valence-corrected chi connectivity index (χ2v) is 7.42. The summed E-state index contributed by atoms with van der Waals surface area (Å²) < 4.78 is 2.63. The van der Waals surface area contributed by atoms with E-state index in [9.17, 15) is 19.5 Å². The van der Waals surface area contributed by atoms with E-state index in [4.69, 9.17) is 5.11 Å². The highest BCUT2D eigenvalue weighted by Gasteiger charge is 2.32. The van der Waals surface area contributed by atoms with Crippen LogP contribution in [0.15, 0.2) is 28.9 Å². The van der Waals surface area contributed by atoms with Gasteiger partial charge in [-0.25, -0.2) is 0 Å². The number of aliphatic carboxylic acids is 2. The lowest BCUT2D eigenvalue weighted by molar-refractivity contribution is -0.144. The number of carboxylic acids is 2. The SMILES string of the molecule is O=CN1CCN(C(C(=O)O)c2cn(CCC(=O)O)c3cc(Br)ccc23)CC1. The van der Waals surface area contributed by atoms with E-state index in [1.165, 1.54) is 0 Å². The molecule has 1 aromatic heterocycles. The number of amides is 1. The lowest BCUT2D eigenvalue weighted by atomic mass is 10.0. The molecule has 0 aliphatic carbocycles. The highest BCUT2D eigenvalue weighted by molar-refractivity contribution is 9.10. The van der Waals surface area contributed by atoms with Crippen LogP contribution in [0.1, 0.15) is 18.0 Å². The van der Waals surface area contributed by atoms with Crippen molar-refractivity contribution in [1.82, 2.24) is 14.4 Å². The molecule has 2 heterocycles. The van der Waals surface area contributed by atoms with Crippen molar-refractivity contribution in [3.63, 3.8) is 0 Å². The van der Waals surface area contributed by atoms with Crippen molar-refractivity contribution < 1.29 is 24.6 Å². The largest absolute Gasteiger partial charge is 0.481 e. The topological polar surface area (TPSA) is 103 Å². The highest BCUT2D eigenvalue weighted by atomic mass is 79.9. The number of piperazine rings is 1. The van der Waals surface area contributed by atoms with Crippen LogP contribution in [0.2, 0.25) is 0 Å². The molecule has 1 fully saturated rings. The van der Waals surface area contributed by atoms with Crippen LogP contribution in [0.25, 0.3) is 10.9 Å². The Balaban J connectivity index is 2.00. The number of benzene rings is 1. The van der Waals surface area contributed by atoms with E-state index in [1.807, 2.05) is 23.1 Å². The van der Waals surface area contributed by atoms with Crippen molar-refractivity contribution in [1.29, 1.82) is 0 Å². The van der Waals surface area contributed by atoms with E-state index in [1.54, 1.807) is 15.7 Å². The fourth-order valence-corrected chi connectivity index (χ4v) is 3.85. The first kappa shape index (κ1) is 19.4. The van der Waals surface area contributed by atoms with Crippen LogP contribution in [0.5, 0.6) is 0 Å². The molecule has 1 aromatic carbocycles. The van der Waals surface area contributed by atoms with Gasteiger partial charge in [0.2, 0.25) is 6.41 Å².